The molecule has 1 N–H and O–H groups in total. The van der Waals surface area contributed by atoms with Crippen molar-refractivity contribution in [2.45, 2.75) is 26.3 Å². The van der Waals surface area contributed by atoms with Crippen LogP contribution < -0.4 is 10.1 Å². The smallest absolute Gasteiger partial charge is 0.224 e. The number of halogens is 1. The molecule has 1 unspecified atom stereocenters. The molecule has 1 amide bonds. The number of hydrogen-bond donors (Lipinski definition) is 1. The first-order chi connectivity index (χ1) is 12.6. The maximum atomic E-state index is 12.4. The van der Waals surface area contributed by atoms with E-state index in [4.69, 9.17) is 4.74 Å². The number of carbonyl (C=O) groups is 1. The highest BCUT2D eigenvalue weighted by Gasteiger charge is 2.19. The van der Waals surface area contributed by atoms with Crippen LogP contribution in [-0.2, 0) is 11.2 Å². The van der Waals surface area contributed by atoms with Crippen molar-refractivity contribution in [3.05, 3.63) is 64.1 Å². The summed E-state index contributed by atoms with van der Waals surface area (Å²) in [4.78, 5) is 14.7. The van der Waals surface area contributed by atoms with Crippen molar-refractivity contribution in [1.82, 2.24) is 10.2 Å². The fourth-order valence-corrected chi connectivity index (χ4v) is 3.30. The summed E-state index contributed by atoms with van der Waals surface area (Å²) in [7, 11) is 1.67. The second-order valence-electron chi connectivity index (χ2n) is 6.12. The standard InChI is InChI=1S/C21H27BrN2O2/c1-4-24(5-2)20(17-7-6-8-19(14-17)26-3)15-23-21(25)13-16-9-11-18(22)12-10-16/h6-12,14,20H,4-5,13,15H2,1-3H3,(H,23,25). The molecule has 0 aliphatic heterocycles. The van der Waals surface area contributed by atoms with Crippen LogP contribution >= 0.6 is 15.9 Å². The molecule has 26 heavy (non-hydrogen) atoms. The first-order valence-electron chi connectivity index (χ1n) is 8.96. The van der Waals surface area contributed by atoms with Crippen LogP contribution in [0.15, 0.2) is 53.0 Å². The van der Waals surface area contributed by atoms with Gasteiger partial charge in [-0.3, -0.25) is 9.69 Å². The van der Waals surface area contributed by atoms with E-state index >= 15 is 0 Å². The largest absolute Gasteiger partial charge is 0.497 e. The number of ether oxygens (including phenoxy) is 1. The van der Waals surface area contributed by atoms with E-state index in [1.165, 1.54) is 0 Å². The van der Waals surface area contributed by atoms with Crippen LogP contribution in [0, 0.1) is 0 Å². The Morgan fingerprint density at radius 1 is 1.15 bits per heavy atom. The maximum absolute atomic E-state index is 12.4. The normalized spacial score (nSPS) is 12.0. The van der Waals surface area contributed by atoms with Crippen molar-refractivity contribution in [3.63, 3.8) is 0 Å². The number of likely N-dealkylation sites (N-methyl/N-ethyl adjacent to an activating group) is 1. The molecule has 2 aromatic rings. The van der Waals surface area contributed by atoms with E-state index in [0.29, 0.717) is 13.0 Å². The van der Waals surface area contributed by atoms with Gasteiger partial charge in [0.1, 0.15) is 5.75 Å². The number of benzene rings is 2. The summed E-state index contributed by atoms with van der Waals surface area (Å²) in [5.74, 6) is 0.869. The lowest BCUT2D eigenvalue weighted by atomic mass is 10.0. The number of nitrogens with zero attached hydrogens (tertiary/aromatic N) is 1. The summed E-state index contributed by atoms with van der Waals surface area (Å²) in [5.41, 5.74) is 2.16. The molecule has 140 valence electrons. The molecule has 0 aromatic heterocycles. The van der Waals surface area contributed by atoms with Gasteiger partial charge in [0, 0.05) is 11.0 Å². The zero-order valence-corrected chi connectivity index (χ0v) is 17.3. The average Bonchev–Trinajstić information content (AvgIpc) is 2.67. The Morgan fingerprint density at radius 3 is 2.46 bits per heavy atom. The van der Waals surface area contributed by atoms with Crippen molar-refractivity contribution in [2.24, 2.45) is 0 Å². The minimum Gasteiger partial charge on any atom is -0.497 e. The number of amides is 1. The highest BCUT2D eigenvalue weighted by atomic mass is 79.9. The molecule has 0 radical (unpaired) electrons. The zero-order valence-electron chi connectivity index (χ0n) is 15.7. The van der Waals surface area contributed by atoms with Crippen LogP contribution in [0.4, 0.5) is 0 Å². The molecule has 0 fully saturated rings. The van der Waals surface area contributed by atoms with Crippen molar-refractivity contribution in [1.29, 1.82) is 0 Å². The van der Waals surface area contributed by atoms with Crippen LogP contribution in [0.1, 0.15) is 31.0 Å². The maximum Gasteiger partial charge on any atom is 0.224 e. The Kier molecular flexibility index (Phi) is 8.13. The molecule has 0 saturated heterocycles. The van der Waals surface area contributed by atoms with Gasteiger partial charge in [-0.05, 0) is 48.5 Å². The van der Waals surface area contributed by atoms with E-state index in [1.54, 1.807) is 7.11 Å². The zero-order chi connectivity index (χ0) is 18.9. The number of hydrogen-bond acceptors (Lipinski definition) is 3. The van der Waals surface area contributed by atoms with Gasteiger partial charge in [-0.1, -0.05) is 54.0 Å². The van der Waals surface area contributed by atoms with Gasteiger partial charge >= 0.3 is 0 Å². The molecule has 0 heterocycles. The lowest BCUT2D eigenvalue weighted by molar-refractivity contribution is -0.120. The van der Waals surface area contributed by atoms with Crippen LogP contribution in [0.5, 0.6) is 5.75 Å². The molecule has 0 spiro atoms. The molecule has 0 aliphatic rings. The summed E-state index contributed by atoms with van der Waals surface area (Å²) in [6, 6.07) is 16.0. The minimum atomic E-state index is 0.0346. The van der Waals surface area contributed by atoms with Gasteiger partial charge in [0.15, 0.2) is 0 Å². The van der Waals surface area contributed by atoms with Gasteiger partial charge in [-0.2, -0.15) is 0 Å². The highest BCUT2D eigenvalue weighted by Crippen LogP contribution is 2.24. The third-order valence-corrected chi connectivity index (χ3v) is 5.03. The van der Waals surface area contributed by atoms with Crippen LogP contribution in [0.25, 0.3) is 0 Å². The van der Waals surface area contributed by atoms with Crippen molar-refractivity contribution < 1.29 is 9.53 Å². The molecule has 5 heteroatoms. The molecule has 4 nitrogen and oxygen atoms in total. The SMILES string of the molecule is CCN(CC)C(CNC(=O)Cc1ccc(Br)cc1)c1cccc(OC)c1. The van der Waals surface area contributed by atoms with Gasteiger partial charge in [-0.15, -0.1) is 0 Å². The molecule has 0 bridgehead atoms. The van der Waals surface area contributed by atoms with Gasteiger partial charge < -0.3 is 10.1 Å². The monoisotopic (exact) mass is 418 g/mol. The molecular formula is C21H27BrN2O2. The number of rotatable bonds is 9. The summed E-state index contributed by atoms with van der Waals surface area (Å²) < 4.78 is 6.37. The summed E-state index contributed by atoms with van der Waals surface area (Å²) in [6.07, 6.45) is 0.385. The Hall–Kier alpha value is -1.85. The second kappa shape index (κ2) is 10.3. The quantitative estimate of drug-likeness (QED) is 0.663. The lowest BCUT2D eigenvalue weighted by Gasteiger charge is -2.30. The predicted molar refractivity (Wildman–Crippen MR) is 110 cm³/mol. The van der Waals surface area contributed by atoms with Crippen LogP contribution in [-0.4, -0.2) is 37.6 Å². The number of methoxy groups -OCH3 is 1. The van der Waals surface area contributed by atoms with Crippen LogP contribution in [0.2, 0.25) is 0 Å². The summed E-state index contributed by atoms with van der Waals surface area (Å²) >= 11 is 3.41. The molecule has 1 atom stereocenters. The highest BCUT2D eigenvalue weighted by molar-refractivity contribution is 9.10. The molecule has 2 rings (SSSR count). The average molecular weight is 419 g/mol. The van der Waals surface area contributed by atoms with Crippen LogP contribution in [0.3, 0.4) is 0 Å². The van der Waals surface area contributed by atoms with E-state index < -0.39 is 0 Å². The molecule has 0 aliphatic carbocycles. The fraction of sp³-hybridized carbons (Fsp3) is 0.381. The number of nitrogens with one attached hydrogen (secondary N) is 1. The topological polar surface area (TPSA) is 41.6 Å². The summed E-state index contributed by atoms with van der Waals surface area (Å²) in [5, 5.41) is 3.10. The van der Waals surface area contributed by atoms with Crippen molar-refractivity contribution in [2.75, 3.05) is 26.7 Å². The Morgan fingerprint density at radius 2 is 1.85 bits per heavy atom. The van der Waals surface area contributed by atoms with E-state index in [0.717, 1.165) is 34.4 Å². The molecule has 2 aromatic carbocycles. The third kappa shape index (κ3) is 5.85. The summed E-state index contributed by atoms with van der Waals surface area (Å²) in [6.45, 7) is 6.69. The fourth-order valence-electron chi connectivity index (χ4n) is 3.03. The van der Waals surface area contributed by atoms with Gasteiger partial charge in [-0.25, -0.2) is 0 Å². The van der Waals surface area contributed by atoms with Gasteiger partial charge in [0.25, 0.3) is 0 Å². The van der Waals surface area contributed by atoms with Crippen molar-refractivity contribution in [3.8, 4) is 5.75 Å². The van der Waals surface area contributed by atoms with Gasteiger partial charge in [0.2, 0.25) is 5.91 Å². The first-order valence-corrected chi connectivity index (χ1v) is 9.75. The Bertz CT molecular complexity index is 699. The van der Waals surface area contributed by atoms with E-state index in [-0.39, 0.29) is 11.9 Å². The second-order valence-corrected chi connectivity index (χ2v) is 7.04. The number of carbonyl (C=O) groups excluding carboxylic acids is 1. The van der Waals surface area contributed by atoms with Crippen molar-refractivity contribution >= 4 is 21.8 Å². The first kappa shape index (κ1) is 20.5. The van der Waals surface area contributed by atoms with E-state index in [1.807, 2.05) is 42.5 Å². The molecule has 0 saturated carbocycles. The Labute approximate surface area is 164 Å². The Balaban J connectivity index is 2.06. The lowest BCUT2D eigenvalue weighted by Crippen LogP contribution is -2.38. The molecular weight excluding hydrogens is 392 g/mol. The van der Waals surface area contributed by atoms with E-state index in [2.05, 4.69) is 46.1 Å². The van der Waals surface area contributed by atoms with Gasteiger partial charge in [0.05, 0.1) is 19.6 Å². The predicted octanol–water partition coefficient (Wildman–Crippen LogP) is 4.20. The third-order valence-electron chi connectivity index (χ3n) is 4.50. The van der Waals surface area contributed by atoms with E-state index in [9.17, 15) is 4.79 Å². The minimum absolute atomic E-state index is 0.0346.